The number of nitrogens with one attached hydrogen (secondary N) is 1. The number of hydroxylamine groups is 1. The first-order chi connectivity index (χ1) is 9.72. The third kappa shape index (κ3) is 7.70. The second kappa shape index (κ2) is 10.2. The highest BCUT2D eigenvalue weighted by molar-refractivity contribution is 5.59. The van der Waals surface area contributed by atoms with Gasteiger partial charge in [0.25, 0.3) is 0 Å². The van der Waals surface area contributed by atoms with Crippen molar-refractivity contribution in [3.05, 3.63) is 18.3 Å². The SMILES string of the molecule is CN(C)CCCCCCOc1ccc(N=CNO)cn1. The molecule has 1 aromatic heterocycles. The van der Waals surface area contributed by atoms with Gasteiger partial charge in [0.2, 0.25) is 5.88 Å². The van der Waals surface area contributed by atoms with Crippen LogP contribution in [-0.2, 0) is 0 Å². The Hall–Kier alpha value is -1.66. The van der Waals surface area contributed by atoms with Crippen molar-refractivity contribution in [3.8, 4) is 5.88 Å². The quantitative estimate of drug-likeness (QED) is 0.298. The average Bonchev–Trinajstić information content (AvgIpc) is 2.45. The maximum absolute atomic E-state index is 8.37. The fraction of sp³-hybridized carbons (Fsp3) is 0.571. The first-order valence-electron chi connectivity index (χ1n) is 6.88. The molecule has 0 aromatic carbocycles. The van der Waals surface area contributed by atoms with Gasteiger partial charge in [0.15, 0.2) is 0 Å². The molecule has 0 atom stereocenters. The van der Waals surface area contributed by atoms with Gasteiger partial charge in [-0.05, 0) is 39.5 Å². The first kappa shape index (κ1) is 16.4. The van der Waals surface area contributed by atoms with E-state index in [-0.39, 0.29) is 0 Å². The summed E-state index contributed by atoms with van der Waals surface area (Å²) in [4.78, 5) is 10.2. The molecule has 0 amide bonds. The van der Waals surface area contributed by atoms with Gasteiger partial charge in [0.05, 0.1) is 18.5 Å². The number of hydrogen-bond donors (Lipinski definition) is 2. The zero-order chi connectivity index (χ0) is 14.6. The van der Waals surface area contributed by atoms with Crippen molar-refractivity contribution in [3.63, 3.8) is 0 Å². The van der Waals surface area contributed by atoms with Crippen molar-refractivity contribution in [1.29, 1.82) is 0 Å². The van der Waals surface area contributed by atoms with Gasteiger partial charge >= 0.3 is 0 Å². The molecule has 6 nitrogen and oxygen atoms in total. The fourth-order valence-corrected chi connectivity index (χ4v) is 1.70. The number of aliphatic imine (C=N–C) groups is 1. The van der Waals surface area contributed by atoms with Gasteiger partial charge in [-0.1, -0.05) is 12.8 Å². The molecule has 0 radical (unpaired) electrons. The van der Waals surface area contributed by atoms with Crippen LogP contribution in [0, 0.1) is 0 Å². The van der Waals surface area contributed by atoms with E-state index in [0.29, 0.717) is 18.2 Å². The summed E-state index contributed by atoms with van der Waals surface area (Å²) >= 11 is 0. The molecule has 20 heavy (non-hydrogen) atoms. The van der Waals surface area contributed by atoms with Crippen LogP contribution >= 0.6 is 0 Å². The van der Waals surface area contributed by atoms with Crippen LogP contribution in [0.2, 0.25) is 0 Å². The van der Waals surface area contributed by atoms with Gasteiger partial charge in [-0.15, -0.1) is 0 Å². The molecule has 0 saturated carbocycles. The van der Waals surface area contributed by atoms with E-state index in [9.17, 15) is 0 Å². The summed E-state index contributed by atoms with van der Waals surface area (Å²) in [5.41, 5.74) is 2.50. The van der Waals surface area contributed by atoms with E-state index >= 15 is 0 Å². The number of hydrogen-bond acceptors (Lipinski definition) is 5. The van der Waals surface area contributed by atoms with Gasteiger partial charge < -0.3 is 9.64 Å². The van der Waals surface area contributed by atoms with Gasteiger partial charge in [0, 0.05) is 6.07 Å². The van der Waals surface area contributed by atoms with E-state index in [2.05, 4.69) is 29.0 Å². The van der Waals surface area contributed by atoms with Gasteiger partial charge in [-0.3, -0.25) is 10.7 Å². The second-order valence-electron chi connectivity index (χ2n) is 4.81. The smallest absolute Gasteiger partial charge is 0.213 e. The minimum Gasteiger partial charge on any atom is -0.478 e. The van der Waals surface area contributed by atoms with Gasteiger partial charge in [0.1, 0.15) is 6.34 Å². The maximum atomic E-state index is 8.37. The molecule has 0 fully saturated rings. The molecular weight excluding hydrogens is 256 g/mol. The minimum atomic E-state index is 0.606. The summed E-state index contributed by atoms with van der Waals surface area (Å²) in [5, 5.41) is 8.37. The Morgan fingerprint density at radius 1 is 1.30 bits per heavy atom. The van der Waals surface area contributed by atoms with Crippen LogP contribution in [0.5, 0.6) is 5.88 Å². The molecule has 0 aliphatic heterocycles. The summed E-state index contributed by atoms with van der Waals surface area (Å²) < 4.78 is 5.55. The van der Waals surface area contributed by atoms with Crippen LogP contribution in [-0.4, -0.2) is 48.7 Å². The topological polar surface area (TPSA) is 70.0 Å². The van der Waals surface area contributed by atoms with Gasteiger partial charge in [-0.25, -0.2) is 9.98 Å². The number of nitrogens with zero attached hydrogens (tertiary/aromatic N) is 3. The molecule has 0 spiro atoms. The van der Waals surface area contributed by atoms with Crippen molar-refractivity contribution in [2.45, 2.75) is 25.7 Å². The lowest BCUT2D eigenvalue weighted by atomic mass is 10.2. The predicted molar refractivity (Wildman–Crippen MR) is 79.8 cm³/mol. The van der Waals surface area contributed by atoms with Gasteiger partial charge in [-0.2, -0.15) is 0 Å². The number of rotatable bonds is 10. The van der Waals surface area contributed by atoms with Crippen LogP contribution in [0.4, 0.5) is 5.69 Å². The molecule has 0 unspecified atom stereocenters. The lowest BCUT2D eigenvalue weighted by molar-refractivity contribution is 0.240. The van der Waals surface area contributed by atoms with Crippen molar-refractivity contribution in [2.75, 3.05) is 27.2 Å². The van der Waals surface area contributed by atoms with Crippen LogP contribution in [0.15, 0.2) is 23.3 Å². The highest BCUT2D eigenvalue weighted by Gasteiger charge is 1.97. The molecule has 1 heterocycles. The van der Waals surface area contributed by atoms with Crippen LogP contribution < -0.4 is 10.2 Å². The monoisotopic (exact) mass is 280 g/mol. The number of pyridine rings is 1. The van der Waals surface area contributed by atoms with E-state index in [1.54, 1.807) is 18.3 Å². The number of aromatic nitrogens is 1. The lowest BCUT2D eigenvalue weighted by Crippen LogP contribution is -2.12. The lowest BCUT2D eigenvalue weighted by Gasteiger charge is -2.09. The largest absolute Gasteiger partial charge is 0.478 e. The van der Waals surface area contributed by atoms with Crippen LogP contribution in [0.25, 0.3) is 0 Å². The summed E-state index contributed by atoms with van der Waals surface area (Å²) in [7, 11) is 4.19. The van der Waals surface area contributed by atoms with E-state index in [1.807, 2.05) is 5.48 Å². The molecular formula is C14H24N4O2. The summed E-state index contributed by atoms with van der Waals surface area (Å²) in [6, 6.07) is 3.56. The van der Waals surface area contributed by atoms with E-state index in [0.717, 1.165) is 13.0 Å². The Kier molecular flexibility index (Phi) is 8.33. The van der Waals surface area contributed by atoms with E-state index in [1.165, 1.54) is 25.6 Å². The summed E-state index contributed by atoms with van der Waals surface area (Å²) in [6.45, 7) is 1.84. The summed E-state index contributed by atoms with van der Waals surface area (Å²) in [6.07, 6.45) is 7.47. The first-order valence-corrected chi connectivity index (χ1v) is 6.88. The zero-order valence-corrected chi connectivity index (χ0v) is 12.2. The Bertz CT molecular complexity index is 379. The molecule has 2 N–H and O–H groups in total. The average molecular weight is 280 g/mol. The Morgan fingerprint density at radius 2 is 2.10 bits per heavy atom. The van der Waals surface area contributed by atoms with Crippen molar-refractivity contribution >= 4 is 12.0 Å². The van der Waals surface area contributed by atoms with Crippen LogP contribution in [0.1, 0.15) is 25.7 Å². The minimum absolute atomic E-state index is 0.606. The molecule has 1 aromatic rings. The van der Waals surface area contributed by atoms with Crippen LogP contribution in [0.3, 0.4) is 0 Å². The molecule has 112 valence electrons. The Labute approximate surface area is 120 Å². The molecule has 0 bridgehead atoms. The third-order valence-corrected chi connectivity index (χ3v) is 2.74. The standard InChI is InChI=1S/C14H24N4O2/c1-18(2)9-5-3-4-6-10-20-14-8-7-13(11-15-14)16-12-17-19/h7-8,11-12,19H,3-6,9-10H2,1-2H3,(H,16,17). The highest BCUT2D eigenvalue weighted by Crippen LogP contribution is 2.14. The predicted octanol–water partition coefficient (Wildman–Crippen LogP) is 2.22. The fourth-order valence-electron chi connectivity index (χ4n) is 1.70. The Morgan fingerprint density at radius 3 is 2.75 bits per heavy atom. The normalized spacial score (nSPS) is 11.2. The molecule has 0 saturated heterocycles. The van der Waals surface area contributed by atoms with E-state index in [4.69, 9.17) is 9.94 Å². The number of unbranched alkanes of at least 4 members (excludes halogenated alkanes) is 3. The molecule has 0 aliphatic rings. The zero-order valence-electron chi connectivity index (χ0n) is 12.2. The molecule has 1 rings (SSSR count). The highest BCUT2D eigenvalue weighted by atomic mass is 16.5. The maximum Gasteiger partial charge on any atom is 0.213 e. The molecule has 6 heteroatoms. The van der Waals surface area contributed by atoms with Crippen molar-refractivity contribution in [2.24, 2.45) is 4.99 Å². The summed E-state index contributed by atoms with van der Waals surface area (Å²) in [5.74, 6) is 0.606. The van der Waals surface area contributed by atoms with Crippen molar-refractivity contribution in [1.82, 2.24) is 15.4 Å². The second-order valence-corrected chi connectivity index (χ2v) is 4.81. The van der Waals surface area contributed by atoms with Crippen molar-refractivity contribution < 1.29 is 9.94 Å². The third-order valence-electron chi connectivity index (χ3n) is 2.74. The Balaban J connectivity index is 2.11. The molecule has 0 aliphatic carbocycles. The van der Waals surface area contributed by atoms with E-state index < -0.39 is 0 Å². The number of ether oxygens (including phenoxy) is 1.